The summed E-state index contributed by atoms with van der Waals surface area (Å²) in [5.74, 6) is -0.611. The van der Waals surface area contributed by atoms with E-state index in [9.17, 15) is 9.90 Å². The van der Waals surface area contributed by atoms with Crippen molar-refractivity contribution in [3.63, 3.8) is 0 Å². The van der Waals surface area contributed by atoms with Crippen molar-refractivity contribution in [2.24, 2.45) is 0 Å². The number of anilines is 1. The van der Waals surface area contributed by atoms with Crippen LogP contribution in [0.5, 0.6) is 11.8 Å². The third-order valence-electron chi connectivity index (χ3n) is 5.78. The largest absolute Gasteiger partial charge is 0.478 e. The summed E-state index contributed by atoms with van der Waals surface area (Å²) in [7, 11) is 0. The molecule has 1 saturated heterocycles. The van der Waals surface area contributed by atoms with Gasteiger partial charge in [-0.05, 0) is 68.2 Å². The number of carboxylic acids is 1. The minimum atomic E-state index is -1.00. The molecule has 33 heavy (non-hydrogen) atoms. The van der Waals surface area contributed by atoms with Crippen LogP contribution in [0.3, 0.4) is 0 Å². The van der Waals surface area contributed by atoms with E-state index in [1.807, 2.05) is 25.1 Å². The van der Waals surface area contributed by atoms with Crippen molar-refractivity contribution in [3.05, 3.63) is 82.2 Å². The summed E-state index contributed by atoms with van der Waals surface area (Å²) >= 11 is 6.35. The molecule has 3 aromatic rings. The smallest absolute Gasteiger partial charge is 0.336 e. The Hall–Kier alpha value is -3.51. The van der Waals surface area contributed by atoms with E-state index in [1.54, 1.807) is 19.1 Å². The van der Waals surface area contributed by atoms with Gasteiger partial charge in [0.05, 0.1) is 11.3 Å². The van der Waals surface area contributed by atoms with Crippen molar-refractivity contribution in [2.75, 3.05) is 18.0 Å². The number of benzene rings is 2. The molecule has 0 unspecified atom stereocenters. The average Bonchev–Trinajstić information content (AvgIpc) is 3.43. The van der Waals surface area contributed by atoms with Crippen LogP contribution in [0.2, 0.25) is 0 Å². The summed E-state index contributed by atoms with van der Waals surface area (Å²) in [5, 5.41) is 9.75. The number of nitrogens with one attached hydrogen (secondary N) is 1. The van der Waals surface area contributed by atoms with E-state index in [1.165, 1.54) is 24.6 Å². The molecule has 1 aromatic heterocycles. The van der Waals surface area contributed by atoms with Crippen LogP contribution in [-0.4, -0.2) is 34.1 Å². The number of imidazole rings is 1. The lowest BCUT2D eigenvalue weighted by Gasteiger charge is -2.18. The molecule has 1 fully saturated rings. The predicted molar refractivity (Wildman–Crippen MR) is 132 cm³/mol. The second kappa shape index (κ2) is 9.55. The van der Waals surface area contributed by atoms with Gasteiger partial charge in [-0.1, -0.05) is 36.4 Å². The number of rotatable bonds is 7. The normalized spacial score (nSPS) is 13.9. The van der Waals surface area contributed by atoms with E-state index < -0.39 is 5.97 Å². The molecule has 0 bridgehead atoms. The van der Waals surface area contributed by atoms with Crippen LogP contribution < -0.4 is 9.64 Å². The van der Waals surface area contributed by atoms with Crippen molar-refractivity contribution >= 4 is 34.9 Å². The SMILES string of the molecule is C=C(Cl)/C(=C\c1nc(Oc2ccc(C)c(C(=O)O)c2)[nH]c1C)c1ccc(N2CCCC2)cc1. The highest BCUT2D eigenvalue weighted by molar-refractivity contribution is 6.37. The Balaban J connectivity index is 1.59. The van der Waals surface area contributed by atoms with Gasteiger partial charge in [0.1, 0.15) is 5.75 Å². The van der Waals surface area contributed by atoms with Gasteiger partial charge < -0.3 is 19.7 Å². The number of allylic oxidation sites excluding steroid dienone is 2. The quantitative estimate of drug-likeness (QED) is 0.396. The van der Waals surface area contributed by atoms with Gasteiger partial charge in [0.2, 0.25) is 0 Å². The van der Waals surface area contributed by atoms with Gasteiger partial charge >= 0.3 is 5.97 Å². The van der Waals surface area contributed by atoms with Crippen LogP contribution in [0.25, 0.3) is 11.6 Å². The first-order valence-electron chi connectivity index (χ1n) is 10.8. The summed E-state index contributed by atoms with van der Waals surface area (Å²) in [6.07, 6.45) is 4.33. The standard InChI is InChI=1S/C26H26ClN3O3/c1-16-6-11-21(14-22(16)25(31)32)33-26-28-18(3)24(29-26)15-23(17(2)27)19-7-9-20(10-8-19)30-12-4-5-13-30/h6-11,14-15H,2,4-5,12-13H2,1,3H3,(H,28,29)(H,31,32)/b23-15+. The fourth-order valence-electron chi connectivity index (χ4n) is 3.92. The molecule has 2 N–H and O–H groups in total. The van der Waals surface area contributed by atoms with E-state index in [4.69, 9.17) is 16.3 Å². The van der Waals surface area contributed by atoms with Crippen LogP contribution in [0.4, 0.5) is 5.69 Å². The topological polar surface area (TPSA) is 78.5 Å². The van der Waals surface area contributed by atoms with Gasteiger partial charge in [-0.3, -0.25) is 0 Å². The summed E-state index contributed by atoms with van der Waals surface area (Å²) in [4.78, 5) is 21.4. The Labute approximate surface area is 198 Å². The highest BCUT2D eigenvalue weighted by atomic mass is 35.5. The van der Waals surface area contributed by atoms with Gasteiger partial charge in [-0.15, -0.1) is 0 Å². The van der Waals surface area contributed by atoms with Gasteiger partial charge in [0, 0.05) is 35.1 Å². The van der Waals surface area contributed by atoms with Gasteiger partial charge in [0.25, 0.3) is 6.01 Å². The molecule has 0 amide bonds. The van der Waals surface area contributed by atoms with Crippen LogP contribution in [-0.2, 0) is 0 Å². The maximum absolute atomic E-state index is 11.4. The minimum Gasteiger partial charge on any atom is -0.478 e. The summed E-state index contributed by atoms with van der Waals surface area (Å²) in [6, 6.07) is 13.5. The predicted octanol–water partition coefficient (Wildman–Crippen LogP) is 6.41. The maximum atomic E-state index is 11.4. The zero-order valence-corrected chi connectivity index (χ0v) is 19.4. The molecule has 0 saturated carbocycles. The van der Waals surface area contributed by atoms with E-state index in [-0.39, 0.29) is 11.6 Å². The molecule has 1 aliphatic heterocycles. The zero-order chi connectivity index (χ0) is 23.5. The lowest BCUT2D eigenvalue weighted by atomic mass is 10.0. The Morgan fingerprint density at radius 2 is 1.88 bits per heavy atom. The second-order valence-corrected chi connectivity index (χ2v) is 8.60. The first-order valence-corrected chi connectivity index (χ1v) is 11.2. The highest BCUT2D eigenvalue weighted by Crippen LogP contribution is 2.31. The lowest BCUT2D eigenvalue weighted by Crippen LogP contribution is -2.17. The molecule has 0 radical (unpaired) electrons. The number of aromatic carboxylic acids is 1. The number of H-pyrrole nitrogens is 1. The van der Waals surface area contributed by atoms with E-state index in [0.29, 0.717) is 22.0 Å². The summed E-state index contributed by atoms with van der Waals surface area (Å²) < 4.78 is 5.79. The molecule has 2 heterocycles. The van der Waals surface area contributed by atoms with Gasteiger partial charge in [-0.25, -0.2) is 4.79 Å². The summed E-state index contributed by atoms with van der Waals surface area (Å²) in [6.45, 7) is 9.74. The number of carbonyl (C=O) groups is 1. The first kappa shape index (κ1) is 22.7. The molecule has 7 heteroatoms. The van der Waals surface area contributed by atoms with Crippen molar-refractivity contribution in [3.8, 4) is 11.8 Å². The monoisotopic (exact) mass is 463 g/mol. The Bertz CT molecular complexity index is 1220. The Morgan fingerprint density at radius 1 is 1.18 bits per heavy atom. The molecule has 1 aliphatic rings. The van der Waals surface area contributed by atoms with Crippen LogP contribution in [0, 0.1) is 13.8 Å². The van der Waals surface area contributed by atoms with Gasteiger partial charge in [0.15, 0.2) is 0 Å². The molecule has 4 rings (SSSR count). The average molecular weight is 464 g/mol. The number of aromatic nitrogens is 2. The molecule has 0 spiro atoms. The number of halogens is 1. The van der Waals surface area contributed by atoms with E-state index >= 15 is 0 Å². The Morgan fingerprint density at radius 3 is 2.52 bits per heavy atom. The molecule has 0 atom stereocenters. The number of hydrogen-bond acceptors (Lipinski definition) is 4. The molecule has 6 nitrogen and oxygen atoms in total. The maximum Gasteiger partial charge on any atom is 0.336 e. The van der Waals surface area contributed by atoms with E-state index in [0.717, 1.165) is 29.9 Å². The van der Waals surface area contributed by atoms with E-state index in [2.05, 4.69) is 33.6 Å². The number of aromatic amines is 1. The first-order chi connectivity index (χ1) is 15.8. The third-order valence-corrected chi connectivity index (χ3v) is 5.98. The zero-order valence-electron chi connectivity index (χ0n) is 18.7. The van der Waals surface area contributed by atoms with Crippen LogP contribution in [0.15, 0.2) is 54.1 Å². The number of ether oxygens (including phenoxy) is 1. The van der Waals surface area contributed by atoms with Crippen molar-refractivity contribution in [1.29, 1.82) is 0 Å². The van der Waals surface area contributed by atoms with Crippen molar-refractivity contribution in [1.82, 2.24) is 9.97 Å². The molecule has 2 aromatic carbocycles. The molecule has 0 aliphatic carbocycles. The number of nitrogens with zero attached hydrogens (tertiary/aromatic N) is 2. The van der Waals surface area contributed by atoms with Crippen molar-refractivity contribution < 1.29 is 14.6 Å². The minimum absolute atomic E-state index is 0.189. The second-order valence-electron chi connectivity index (χ2n) is 8.14. The molecule has 170 valence electrons. The highest BCUT2D eigenvalue weighted by Gasteiger charge is 2.15. The lowest BCUT2D eigenvalue weighted by molar-refractivity contribution is 0.0695. The fraction of sp³-hybridized carbons (Fsp3) is 0.231. The van der Waals surface area contributed by atoms with Gasteiger partial charge in [-0.2, -0.15) is 4.98 Å². The Kier molecular flexibility index (Phi) is 6.56. The van der Waals surface area contributed by atoms with Crippen LogP contribution >= 0.6 is 11.6 Å². The molecular weight excluding hydrogens is 438 g/mol. The number of hydrogen-bond donors (Lipinski definition) is 2. The fourth-order valence-corrected chi connectivity index (χ4v) is 4.09. The number of aryl methyl sites for hydroxylation is 2. The van der Waals surface area contributed by atoms with Crippen molar-refractivity contribution in [2.45, 2.75) is 26.7 Å². The van der Waals surface area contributed by atoms with Crippen LogP contribution in [0.1, 0.15) is 45.7 Å². The molecular formula is C26H26ClN3O3. The number of carboxylic acid groups (broad SMARTS) is 1. The third kappa shape index (κ3) is 5.12. The summed E-state index contributed by atoms with van der Waals surface area (Å²) in [5.41, 5.74) is 5.24.